The Kier molecular flexibility index (Phi) is 5.62. The van der Waals surface area contributed by atoms with Crippen LogP contribution < -0.4 is 0 Å². The zero-order valence-corrected chi connectivity index (χ0v) is 17.6. The van der Waals surface area contributed by atoms with Crippen molar-refractivity contribution in [3.63, 3.8) is 0 Å². The lowest BCUT2D eigenvalue weighted by Crippen LogP contribution is -2.47. The first-order valence-corrected chi connectivity index (χ1v) is 11.2. The minimum absolute atomic E-state index is 0.203. The lowest BCUT2D eigenvalue weighted by molar-refractivity contribution is 0.0909. The van der Waals surface area contributed by atoms with E-state index >= 15 is 0 Å². The molecule has 30 heavy (non-hydrogen) atoms. The van der Waals surface area contributed by atoms with Crippen molar-refractivity contribution in [2.24, 2.45) is 0 Å². The highest BCUT2D eigenvalue weighted by Crippen LogP contribution is 2.52. The van der Waals surface area contributed by atoms with Gasteiger partial charge in [0.2, 0.25) is 0 Å². The molecule has 2 bridgehead atoms. The first kappa shape index (κ1) is 19.8. The third kappa shape index (κ3) is 3.67. The molecule has 0 unspecified atom stereocenters. The van der Waals surface area contributed by atoms with Crippen LogP contribution >= 0.6 is 11.6 Å². The van der Waals surface area contributed by atoms with Gasteiger partial charge in [-0.05, 0) is 49.3 Å². The summed E-state index contributed by atoms with van der Waals surface area (Å²) in [6.07, 6.45) is 3.93. The molecule has 0 aliphatic carbocycles. The molecule has 156 valence electrons. The fraction of sp³-hybridized carbons (Fsp3) is 0.400. The molecule has 2 aromatic carbocycles. The molecule has 2 aliphatic heterocycles. The van der Waals surface area contributed by atoms with Gasteiger partial charge in [-0.25, -0.2) is 0 Å². The van der Waals surface area contributed by atoms with Crippen molar-refractivity contribution in [2.75, 3.05) is 13.2 Å². The molecule has 5 heteroatoms. The monoisotopic (exact) mass is 424 g/mol. The summed E-state index contributed by atoms with van der Waals surface area (Å²) >= 11 is 6.15. The third-order valence-electron chi connectivity index (χ3n) is 6.84. The van der Waals surface area contributed by atoms with Crippen molar-refractivity contribution in [3.8, 4) is 11.3 Å². The SMILES string of the molecule is FCCCN1[C@H]2CC[C@@H]1[C@@H](c1cc(-c3ccccc3)no1)[C@@H](c1ccc(Cl)cc1)C2. The number of rotatable bonds is 6. The number of alkyl halides is 1. The third-order valence-corrected chi connectivity index (χ3v) is 7.09. The van der Waals surface area contributed by atoms with Crippen molar-refractivity contribution in [3.05, 3.63) is 77.0 Å². The molecule has 2 saturated heterocycles. The van der Waals surface area contributed by atoms with E-state index in [2.05, 4.69) is 40.4 Å². The van der Waals surface area contributed by atoms with Gasteiger partial charge in [0.15, 0.2) is 0 Å². The van der Waals surface area contributed by atoms with Crippen LogP contribution in [0.1, 0.15) is 48.8 Å². The molecule has 0 amide bonds. The second-order valence-electron chi connectivity index (χ2n) is 8.48. The molecular formula is C25H26ClFN2O. The number of halogens is 2. The Morgan fingerprint density at radius 3 is 2.63 bits per heavy atom. The van der Waals surface area contributed by atoms with Crippen molar-refractivity contribution in [1.29, 1.82) is 0 Å². The number of piperidine rings is 1. The second-order valence-corrected chi connectivity index (χ2v) is 8.92. The van der Waals surface area contributed by atoms with E-state index in [0.29, 0.717) is 24.4 Å². The maximum atomic E-state index is 12.9. The van der Waals surface area contributed by atoms with E-state index in [1.54, 1.807) is 0 Å². The van der Waals surface area contributed by atoms with E-state index in [1.807, 2.05) is 30.3 Å². The summed E-state index contributed by atoms with van der Waals surface area (Å²) in [5.74, 6) is 1.48. The van der Waals surface area contributed by atoms with Crippen LogP contribution in [-0.2, 0) is 0 Å². The van der Waals surface area contributed by atoms with Crippen LogP contribution in [0.4, 0.5) is 4.39 Å². The minimum atomic E-state index is -0.262. The summed E-state index contributed by atoms with van der Waals surface area (Å²) in [6, 6.07) is 21.3. The van der Waals surface area contributed by atoms with Gasteiger partial charge in [0.05, 0.1) is 6.67 Å². The van der Waals surface area contributed by atoms with Crippen LogP contribution in [0.15, 0.2) is 65.2 Å². The topological polar surface area (TPSA) is 29.3 Å². The number of nitrogens with zero attached hydrogens (tertiary/aromatic N) is 2. The van der Waals surface area contributed by atoms with Crippen molar-refractivity contribution < 1.29 is 8.91 Å². The number of benzene rings is 2. The standard InChI is InChI=1S/C25H26ClFN2O/c26-19-9-7-17(8-10-19)21-15-20-11-12-23(29(20)14-4-13-27)25(21)24-16-22(28-30-24)18-5-2-1-3-6-18/h1-3,5-10,16,20-21,23,25H,4,11-15H2/t20-,21+,23+,25-/m0/s1. The molecule has 0 saturated carbocycles. The molecule has 2 aliphatic rings. The normalized spacial score (nSPS) is 26.2. The highest BCUT2D eigenvalue weighted by atomic mass is 35.5. The van der Waals surface area contributed by atoms with E-state index < -0.39 is 0 Å². The average Bonchev–Trinajstić information content (AvgIpc) is 3.37. The van der Waals surface area contributed by atoms with Crippen molar-refractivity contribution in [1.82, 2.24) is 10.1 Å². The van der Waals surface area contributed by atoms with Crippen LogP contribution in [0.5, 0.6) is 0 Å². The van der Waals surface area contributed by atoms with Crippen molar-refractivity contribution in [2.45, 2.75) is 49.6 Å². The highest BCUT2D eigenvalue weighted by Gasteiger charge is 2.49. The fourth-order valence-corrected chi connectivity index (χ4v) is 5.66. The second kappa shape index (κ2) is 8.52. The predicted molar refractivity (Wildman–Crippen MR) is 118 cm³/mol. The fourth-order valence-electron chi connectivity index (χ4n) is 5.54. The lowest BCUT2D eigenvalue weighted by atomic mass is 9.74. The summed E-state index contributed by atoms with van der Waals surface area (Å²) in [5.41, 5.74) is 3.23. The summed E-state index contributed by atoms with van der Waals surface area (Å²) in [7, 11) is 0. The number of hydrogen-bond acceptors (Lipinski definition) is 3. The summed E-state index contributed by atoms with van der Waals surface area (Å²) in [6.45, 7) is 0.553. The van der Waals surface area contributed by atoms with E-state index in [1.165, 1.54) is 5.56 Å². The van der Waals surface area contributed by atoms with Gasteiger partial charge >= 0.3 is 0 Å². The smallest absolute Gasteiger partial charge is 0.142 e. The molecule has 3 aromatic rings. The van der Waals surface area contributed by atoms with Gasteiger partial charge < -0.3 is 4.52 Å². The van der Waals surface area contributed by atoms with E-state index in [4.69, 9.17) is 16.1 Å². The van der Waals surface area contributed by atoms with Gasteiger partial charge in [0, 0.05) is 41.2 Å². The number of fused-ring (bicyclic) bond motifs is 2. The predicted octanol–water partition coefficient (Wildman–Crippen LogP) is 6.46. The Morgan fingerprint density at radius 2 is 1.87 bits per heavy atom. The molecular weight excluding hydrogens is 399 g/mol. The van der Waals surface area contributed by atoms with E-state index in [0.717, 1.165) is 47.8 Å². The Morgan fingerprint density at radius 1 is 1.07 bits per heavy atom. The van der Waals surface area contributed by atoms with E-state index in [-0.39, 0.29) is 12.6 Å². The molecule has 1 aromatic heterocycles. The first-order chi connectivity index (χ1) is 14.7. The van der Waals surface area contributed by atoms with Crippen LogP contribution in [-0.4, -0.2) is 35.4 Å². The van der Waals surface area contributed by atoms with Crippen LogP contribution in [0.3, 0.4) is 0 Å². The molecule has 0 spiro atoms. The largest absolute Gasteiger partial charge is 0.360 e. The molecule has 5 rings (SSSR count). The Hall–Kier alpha value is -2.17. The van der Waals surface area contributed by atoms with Crippen LogP contribution in [0, 0.1) is 0 Å². The maximum absolute atomic E-state index is 12.9. The average molecular weight is 425 g/mol. The molecule has 3 heterocycles. The lowest BCUT2D eigenvalue weighted by Gasteiger charge is -2.44. The zero-order valence-electron chi connectivity index (χ0n) is 16.9. The van der Waals surface area contributed by atoms with Crippen LogP contribution in [0.25, 0.3) is 11.3 Å². The quantitative estimate of drug-likeness (QED) is 0.454. The van der Waals surface area contributed by atoms with Gasteiger partial charge in [0.25, 0.3) is 0 Å². The molecule has 3 nitrogen and oxygen atoms in total. The molecule has 4 atom stereocenters. The summed E-state index contributed by atoms with van der Waals surface area (Å²) in [4.78, 5) is 2.53. The van der Waals surface area contributed by atoms with Crippen molar-refractivity contribution >= 4 is 11.6 Å². The van der Waals surface area contributed by atoms with Gasteiger partial charge in [-0.15, -0.1) is 0 Å². The summed E-state index contributed by atoms with van der Waals surface area (Å²) in [5, 5.41) is 5.15. The van der Waals surface area contributed by atoms with Gasteiger partial charge in [-0.3, -0.25) is 9.29 Å². The number of aromatic nitrogens is 1. The molecule has 2 fully saturated rings. The Labute approximate surface area is 181 Å². The molecule has 0 N–H and O–H groups in total. The zero-order chi connectivity index (χ0) is 20.5. The summed E-state index contributed by atoms with van der Waals surface area (Å²) < 4.78 is 18.9. The number of hydrogen-bond donors (Lipinski definition) is 0. The van der Waals surface area contributed by atoms with Gasteiger partial charge in [-0.1, -0.05) is 59.2 Å². The highest BCUT2D eigenvalue weighted by molar-refractivity contribution is 6.30. The Bertz CT molecular complexity index is 974. The van der Waals surface area contributed by atoms with Crippen LogP contribution in [0.2, 0.25) is 5.02 Å². The van der Waals surface area contributed by atoms with Gasteiger partial charge in [0.1, 0.15) is 11.5 Å². The maximum Gasteiger partial charge on any atom is 0.142 e. The Balaban J connectivity index is 1.52. The molecule has 0 radical (unpaired) electrons. The first-order valence-electron chi connectivity index (χ1n) is 10.8. The van der Waals surface area contributed by atoms with Gasteiger partial charge in [-0.2, -0.15) is 0 Å². The minimum Gasteiger partial charge on any atom is -0.360 e. The van der Waals surface area contributed by atoms with E-state index in [9.17, 15) is 4.39 Å².